The van der Waals surface area contributed by atoms with Crippen molar-refractivity contribution in [3.8, 4) is 11.8 Å². The van der Waals surface area contributed by atoms with Crippen molar-refractivity contribution >= 4 is 6.09 Å². The molecule has 2 atom stereocenters. The fourth-order valence-corrected chi connectivity index (χ4v) is 3.30. The van der Waals surface area contributed by atoms with Crippen molar-refractivity contribution in [2.24, 2.45) is 0 Å². The molecular formula is C24H36N2O3. The third kappa shape index (κ3) is 7.06. The van der Waals surface area contributed by atoms with Gasteiger partial charge in [-0.05, 0) is 46.6 Å². The highest BCUT2D eigenvalue weighted by atomic mass is 16.6. The van der Waals surface area contributed by atoms with E-state index in [1.165, 1.54) is 5.56 Å². The summed E-state index contributed by atoms with van der Waals surface area (Å²) in [6.07, 6.45) is 2.66. The van der Waals surface area contributed by atoms with E-state index in [9.17, 15) is 4.79 Å². The summed E-state index contributed by atoms with van der Waals surface area (Å²) in [6.45, 7) is 12.7. The van der Waals surface area contributed by atoms with Crippen LogP contribution in [0, 0.1) is 11.8 Å². The highest BCUT2D eigenvalue weighted by Crippen LogP contribution is 2.31. The molecule has 1 amide bonds. The van der Waals surface area contributed by atoms with Crippen LogP contribution in [0.2, 0.25) is 0 Å². The van der Waals surface area contributed by atoms with Gasteiger partial charge in [-0.1, -0.05) is 49.6 Å². The van der Waals surface area contributed by atoms with E-state index in [0.29, 0.717) is 13.2 Å². The van der Waals surface area contributed by atoms with E-state index in [1.54, 1.807) is 4.90 Å². The van der Waals surface area contributed by atoms with E-state index in [2.05, 4.69) is 36.2 Å². The minimum absolute atomic E-state index is 0.207. The van der Waals surface area contributed by atoms with E-state index in [4.69, 9.17) is 9.47 Å². The number of carbonyl (C=O) groups is 1. The van der Waals surface area contributed by atoms with Crippen LogP contribution in [-0.2, 0) is 16.0 Å². The summed E-state index contributed by atoms with van der Waals surface area (Å²) in [5.74, 6) is 6.65. The monoisotopic (exact) mass is 400 g/mol. The number of carbonyl (C=O) groups excluding carboxylic acids is 1. The van der Waals surface area contributed by atoms with Crippen molar-refractivity contribution in [2.75, 3.05) is 6.61 Å². The molecule has 0 spiro atoms. The normalized spacial score (nSPS) is 19.4. The Balaban J connectivity index is 2.22. The van der Waals surface area contributed by atoms with E-state index in [-0.39, 0.29) is 18.2 Å². The molecule has 0 saturated carbocycles. The molecule has 5 nitrogen and oxygen atoms in total. The SMILES string of the molecule is CCCCC#C[C@@H](NCc1ccccc1)[C@@H]1COC(C)(C)N1C(=O)OC(C)(C)C. The van der Waals surface area contributed by atoms with Crippen LogP contribution in [0.15, 0.2) is 30.3 Å². The molecule has 29 heavy (non-hydrogen) atoms. The van der Waals surface area contributed by atoms with Gasteiger partial charge in [0.15, 0.2) is 0 Å². The largest absolute Gasteiger partial charge is 0.444 e. The lowest BCUT2D eigenvalue weighted by molar-refractivity contribution is -0.0630. The molecule has 5 heteroatoms. The van der Waals surface area contributed by atoms with Crippen LogP contribution >= 0.6 is 0 Å². The number of hydrogen-bond acceptors (Lipinski definition) is 4. The second-order valence-electron chi connectivity index (χ2n) is 8.94. The van der Waals surface area contributed by atoms with Crippen molar-refractivity contribution in [1.82, 2.24) is 10.2 Å². The predicted octanol–water partition coefficient (Wildman–Crippen LogP) is 4.71. The maximum atomic E-state index is 13.0. The van der Waals surface area contributed by atoms with Crippen molar-refractivity contribution in [3.05, 3.63) is 35.9 Å². The molecular weight excluding hydrogens is 364 g/mol. The van der Waals surface area contributed by atoms with Crippen LogP contribution in [0.5, 0.6) is 0 Å². The zero-order valence-electron chi connectivity index (χ0n) is 18.7. The first-order valence-electron chi connectivity index (χ1n) is 10.6. The Morgan fingerprint density at radius 1 is 1.34 bits per heavy atom. The molecule has 1 aliphatic heterocycles. The fourth-order valence-electron chi connectivity index (χ4n) is 3.30. The summed E-state index contributed by atoms with van der Waals surface area (Å²) in [5, 5.41) is 3.54. The first kappa shape index (κ1) is 23.3. The molecule has 1 heterocycles. The Kier molecular flexibility index (Phi) is 8.13. The van der Waals surface area contributed by atoms with E-state index in [1.807, 2.05) is 52.8 Å². The van der Waals surface area contributed by atoms with E-state index >= 15 is 0 Å². The predicted molar refractivity (Wildman–Crippen MR) is 116 cm³/mol. The molecule has 0 aliphatic carbocycles. The van der Waals surface area contributed by atoms with Gasteiger partial charge >= 0.3 is 6.09 Å². The van der Waals surface area contributed by atoms with Crippen LogP contribution in [0.25, 0.3) is 0 Å². The van der Waals surface area contributed by atoms with Gasteiger partial charge in [0.25, 0.3) is 0 Å². The third-order valence-corrected chi connectivity index (χ3v) is 4.78. The number of nitrogens with one attached hydrogen (secondary N) is 1. The summed E-state index contributed by atoms with van der Waals surface area (Å²) >= 11 is 0. The third-order valence-electron chi connectivity index (χ3n) is 4.78. The van der Waals surface area contributed by atoms with E-state index in [0.717, 1.165) is 19.3 Å². The molecule has 160 valence electrons. The molecule has 0 unspecified atom stereocenters. The Hall–Kier alpha value is -2.03. The number of hydrogen-bond donors (Lipinski definition) is 1. The van der Waals surface area contributed by atoms with Gasteiger partial charge in [0.2, 0.25) is 0 Å². The molecule has 1 aromatic rings. The number of unbranched alkanes of at least 4 members (excludes halogenated alkanes) is 2. The van der Waals surface area contributed by atoms with Crippen molar-refractivity contribution in [1.29, 1.82) is 0 Å². The number of amides is 1. The second kappa shape index (κ2) is 10.1. The standard InChI is InChI=1S/C24H36N2O3/c1-7-8-9-13-16-20(25-17-19-14-11-10-12-15-19)21-18-28-24(5,6)26(21)22(27)29-23(2,3)4/h10-12,14-15,20-21,25H,7-9,17-18H2,1-6H3/t20-,21+/m1/s1. The van der Waals surface area contributed by atoms with Gasteiger partial charge in [-0.25, -0.2) is 4.79 Å². The van der Waals surface area contributed by atoms with Gasteiger partial charge in [-0.2, -0.15) is 0 Å². The minimum Gasteiger partial charge on any atom is -0.444 e. The number of benzene rings is 1. The molecule has 0 bridgehead atoms. The molecule has 1 saturated heterocycles. The molecule has 1 aromatic carbocycles. The molecule has 0 radical (unpaired) electrons. The average molecular weight is 401 g/mol. The first-order chi connectivity index (χ1) is 13.6. The second-order valence-corrected chi connectivity index (χ2v) is 8.94. The Labute approximate surface area is 176 Å². The molecule has 1 fully saturated rings. The average Bonchev–Trinajstić information content (AvgIpc) is 2.95. The Morgan fingerprint density at radius 2 is 2.03 bits per heavy atom. The fraction of sp³-hybridized carbons (Fsp3) is 0.625. The maximum absolute atomic E-state index is 13.0. The van der Waals surface area contributed by atoms with E-state index < -0.39 is 11.3 Å². The zero-order chi connectivity index (χ0) is 21.5. The summed E-state index contributed by atoms with van der Waals surface area (Å²) in [4.78, 5) is 14.7. The molecule has 1 aliphatic rings. The van der Waals surface area contributed by atoms with Crippen molar-refractivity contribution in [3.63, 3.8) is 0 Å². The van der Waals surface area contributed by atoms with Gasteiger partial charge in [0.1, 0.15) is 11.3 Å². The van der Waals surface area contributed by atoms with Crippen molar-refractivity contribution in [2.45, 2.75) is 90.8 Å². The zero-order valence-corrected chi connectivity index (χ0v) is 18.7. The van der Waals surface area contributed by atoms with Crippen LogP contribution in [0.3, 0.4) is 0 Å². The highest BCUT2D eigenvalue weighted by Gasteiger charge is 2.48. The lowest BCUT2D eigenvalue weighted by Gasteiger charge is -2.36. The van der Waals surface area contributed by atoms with Gasteiger partial charge in [-0.15, -0.1) is 5.92 Å². The van der Waals surface area contributed by atoms with Crippen LogP contribution in [0.4, 0.5) is 4.79 Å². The van der Waals surface area contributed by atoms with Gasteiger partial charge in [-0.3, -0.25) is 10.2 Å². The topological polar surface area (TPSA) is 50.8 Å². The van der Waals surface area contributed by atoms with Gasteiger partial charge < -0.3 is 9.47 Å². The first-order valence-corrected chi connectivity index (χ1v) is 10.6. The lowest BCUT2D eigenvalue weighted by Crippen LogP contribution is -2.55. The quantitative estimate of drug-likeness (QED) is 0.555. The number of ether oxygens (including phenoxy) is 2. The summed E-state index contributed by atoms with van der Waals surface area (Å²) in [5.41, 5.74) is -0.139. The lowest BCUT2D eigenvalue weighted by atomic mass is 10.1. The summed E-state index contributed by atoms with van der Waals surface area (Å²) in [6, 6.07) is 9.77. The van der Waals surface area contributed by atoms with Gasteiger partial charge in [0, 0.05) is 13.0 Å². The van der Waals surface area contributed by atoms with Crippen LogP contribution < -0.4 is 5.32 Å². The van der Waals surface area contributed by atoms with Crippen molar-refractivity contribution < 1.29 is 14.3 Å². The number of nitrogens with zero attached hydrogens (tertiary/aromatic N) is 1. The van der Waals surface area contributed by atoms with Crippen LogP contribution in [0.1, 0.15) is 66.4 Å². The van der Waals surface area contributed by atoms with Crippen LogP contribution in [-0.4, -0.2) is 41.0 Å². The minimum atomic E-state index is -0.745. The smallest absolute Gasteiger partial charge is 0.412 e. The molecule has 2 rings (SSSR count). The number of rotatable bonds is 6. The summed E-state index contributed by atoms with van der Waals surface area (Å²) in [7, 11) is 0. The summed E-state index contributed by atoms with van der Waals surface area (Å²) < 4.78 is 11.7. The Morgan fingerprint density at radius 3 is 2.66 bits per heavy atom. The Bertz CT molecular complexity index is 713. The molecule has 1 N–H and O–H groups in total. The van der Waals surface area contributed by atoms with Gasteiger partial charge in [0.05, 0.1) is 18.7 Å². The molecule has 0 aromatic heterocycles. The maximum Gasteiger partial charge on any atom is 0.412 e. The highest BCUT2D eigenvalue weighted by molar-refractivity contribution is 5.70.